The van der Waals surface area contributed by atoms with Gasteiger partial charge in [0, 0.05) is 19.5 Å². The fraction of sp³-hybridized carbons (Fsp3) is 0.467. The van der Waals surface area contributed by atoms with E-state index in [-0.39, 0.29) is 24.8 Å². The van der Waals surface area contributed by atoms with Gasteiger partial charge in [-0.25, -0.2) is 4.98 Å². The zero-order valence-electron chi connectivity index (χ0n) is 12.4. The largest absolute Gasteiger partial charge is 0.490 e. The Morgan fingerprint density at radius 2 is 2.13 bits per heavy atom. The summed E-state index contributed by atoms with van der Waals surface area (Å²) < 4.78 is 5.62. The van der Waals surface area contributed by atoms with Crippen molar-refractivity contribution in [3.63, 3.8) is 0 Å². The topological polar surface area (TPSA) is 101 Å². The standard InChI is InChI=1S/C15H16N4O4/c20-13-2-1-11(14(21)18-13)19-7-10-8(15(19)22)5-12-9(17-10)6-16-3-4-23-12/h5,11,16H,1-4,6-7H2,(H,18,20,21). The van der Waals surface area contributed by atoms with Gasteiger partial charge in [0.15, 0.2) is 0 Å². The van der Waals surface area contributed by atoms with E-state index in [1.54, 1.807) is 6.07 Å². The van der Waals surface area contributed by atoms with E-state index in [0.29, 0.717) is 36.6 Å². The van der Waals surface area contributed by atoms with Crippen molar-refractivity contribution in [1.82, 2.24) is 20.5 Å². The summed E-state index contributed by atoms with van der Waals surface area (Å²) in [5, 5.41) is 5.49. The van der Waals surface area contributed by atoms with Crippen LogP contribution in [0, 0.1) is 0 Å². The fourth-order valence-electron chi connectivity index (χ4n) is 3.19. The predicted molar refractivity (Wildman–Crippen MR) is 77.5 cm³/mol. The quantitative estimate of drug-likeness (QED) is 0.666. The molecule has 8 nitrogen and oxygen atoms in total. The molecule has 23 heavy (non-hydrogen) atoms. The minimum atomic E-state index is -0.617. The number of pyridine rings is 1. The van der Waals surface area contributed by atoms with Crippen molar-refractivity contribution < 1.29 is 19.1 Å². The molecular formula is C15H16N4O4. The molecule has 120 valence electrons. The van der Waals surface area contributed by atoms with E-state index in [9.17, 15) is 14.4 Å². The van der Waals surface area contributed by atoms with E-state index in [1.165, 1.54) is 4.90 Å². The Morgan fingerprint density at radius 1 is 1.26 bits per heavy atom. The number of piperidine rings is 1. The Labute approximate surface area is 132 Å². The van der Waals surface area contributed by atoms with Crippen molar-refractivity contribution in [2.24, 2.45) is 0 Å². The number of carbonyl (C=O) groups excluding carboxylic acids is 3. The van der Waals surface area contributed by atoms with Crippen LogP contribution in [0.2, 0.25) is 0 Å². The number of aromatic nitrogens is 1. The molecule has 3 aliphatic rings. The average molecular weight is 316 g/mol. The maximum atomic E-state index is 12.6. The molecule has 1 aromatic heterocycles. The van der Waals surface area contributed by atoms with Crippen LogP contribution in [0.4, 0.5) is 0 Å². The first-order valence-electron chi connectivity index (χ1n) is 7.64. The summed E-state index contributed by atoms with van der Waals surface area (Å²) in [5.41, 5.74) is 1.92. The van der Waals surface area contributed by atoms with Gasteiger partial charge in [0.05, 0.1) is 23.5 Å². The molecule has 1 fully saturated rings. The Kier molecular flexibility index (Phi) is 3.26. The van der Waals surface area contributed by atoms with Crippen LogP contribution in [0.15, 0.2) is 6.07 Å². The highest BCUT2D eigenvalue weighted by atomic mass is 16.5. The Balaban J connectivity index is 1.63. The second-order valence-corrected chi connectivity index (χ2v) is 5.85. The molecule has 4 heterocycles. The lowest BCUT2D eigenvalue weighted by molar-refractivity contribution is -0.136. The van der Waals surface area contributed by atoms with Crippen LogP contribution in [0.1, 0.15) is 34.6 Å². The summed E-state index contributed by atoms with van der Waals surface area (Å²) in [4.78, 5) is 42.0. The van der Waals surface area contributed by atoms with Crippen molar-refractivity contribution in [3.8, 4) is 5.75 Å². The van der Waals surface area contributed by atoms with Crippen LogP contribution in [0.25, 0.3) is 0 Å². The summed E-state index contributed by atoms with van der Waals surface area (Å²) >= 11 is 0. The van der Waals surface area contributed by atoms with Gasteiger partial charge in [-0.15, -0.1) is 0 Å². The highest BCUT2D eigenvalue weighted by Crippen LogP contribution is 2.31. The van der Waals surface area contributed by atoms with Crippen molar-refractivity contribution in [3.05, 3.63) is 23.0 Å². The molecule has 0 bridgehead atoms. The molecule has 0 spiro atoms. The summed E-state index contributed by atoms with van der Waals surface area (Å²) in [7, 11) is 0. The Hall–Kier alpha value is -2.48. The first-order valence-corrected chi connectivity index (χ1v) is 7.64. The number of hydrogen-bond donors (Lipinski definition) is 2. The highest BCUT2D eigenvalue weighted by molar-refractivity contribution is 6.05. The molecule has 1 aromatic rings. The molecule has 2 N–H and O–H groups in total. The number of ether oxygens (including phenoxy) is 1. The number of nitrogens with zero attached hydrogens (tertiary/aromatic N) is 2. The summed E-state index contributed by atoms with van der Waals surface area (Å²) in [5.74, 6) is -0.320. The number of hydrogen-bond acceptors (Lipinski definition) is 6. The maximum Gasteiger partial charge on any atom is 0.256 e. The lowest BCUT2D eigenvalue weighted by atomic mass is 10.0. The zero-order chi connectivity index (χ0) is 16.0. The number of rotatable bonds is 1. The summed E-state index contributed by atoms with van der Waals surface area (Å²) in [6.07, 6.45) is 0.593. The van der Waals surface area contributed by atoms with Gasteiger partial charge in [-0.2, -0.15) is 0 Å². The molecule has 3 aliphatic heterocycles. The van der Waals surface area contributed by atoms with Gasteiger partial charge in [-0.3, -0.25) is 19.7 Å². The lowest BCUT2D eigenvalue weighted by Crippen LogP contribution is -2.52. The molecule has 1 atom stereocenters. The van der Waals surface area contributed by atoms with E-state index in [0.717, 1.165) is 12.2 Å². The molecule has 0 radical (unpaired) electrons. The number of imide groups is 1. The van der Waals surface area contributed by atoms with Gasteiger partial charge in [-0.05, 0) is 12.5 Å². The van der Waals surface area contributed by atoms with Crippen LogP contribution in [-0.4, -0.2) is 46.8 Å². The molecule has 1 unspecified atom stereocenters. The second-order valence-electron chi connectivity index (χ2n) is 5.85. The molecule has 0 aromatic carbocycles. The molecule has 0 aliphatic carbocycles. The maximum absolute atomic E-state index is 12.6. The molecule has 1 saturated heterocycles. The van der Waals surface area contributed by atoms with Crippen LogP contribution in [0.3, 0.4) is 0 Å². The van der Waals surface area contributed by atoms with Crippen LogP contribution in [-0.2, 0) is 22.7 Å². The normalized spacial score (nSPS) is 23.7. The van der Waals surface area contributed by atoms with Gasteiger partial charge in [0.25, 0.3) is 5.91 Å². The van der Waals surface area contributed by atoms with E-state index in [2.05, 4.69) is 15.6 Å². The SMILES string of the molecule is O=C1CCC(N2Cc3nc4c(cc3C2=O)OCCNC4)C(=O)N1. The number of fused-ring (bicyclic) bond motifs is 2. The van der Waals surface area contributed by atoms with Gasteiger partial charge in [0.1, 0.15) is 18.4 Å². The number of carbonyl (C=O) groups is 3. The van der Waals surface area contributed by atoms with Crippen LogP contribution in [0.5, 0.6) is 5.75 Å². The van der Waals surface area contributed by atoms with Gasteiger partial charge >= 0.3 is 0 Å². The van der Waals surface area contributed by atoms with E-state index >= 15 is 0 Å². The second kappa shape index (κ2) is 5.31. The van der Waals surface area contributed by atoms with Crippen molar-refractivity contribution in [2.45, 2.75) is 32.0 Å². The Bertz CT molecular complexity index is 718. The highest BCUT2D eigenvalue weighted by Gasteiger charge is 2.40. The third-order valence-corrected chi connectivity index (χ3v) is 4.37. The molecule has 4 rings (SSSR count). The van der Waals surface area contributed by atoms with Crippen molar-refractivity contribution in [1.29, 1.82) is 0 Å². The fourth-order valence-corrected chi connectivity index (χ4v) is 3.19. The van der Waals surface area contributed by atoms with Gasteiger partial charge in [-0.1, -0.05) is 0 Å². The number of amides is 3. The zero-order valence-corrected chi connectivity index (χ0v) is 12.4. The van der Waals surface area contributed by atoms with E-state index in [1.807, 2.05) is 0 Å². The minimum Gasteiger partial charge on any atom is -0.490 e. The summed E-state index contributed by atoms with van der Waals surface area (Å²) in [6.45, 7) is 2.14. The first kappa shape index (κ1) is 14.1. The molecule has 0 saturated carbocycles. The minimum absolute atomic E-state index is 0.231. The van der Waals surface area contributed by atoms with E-state index < -0.39 is 11.9 Å². The monoisotopic (exact) mass is 316 g/mol. The van der Waals surface area contributed by atoms with Crippen LogP contribution < -0.4 is 15.4 Å². The predicted octanol–water partition coefficient (Wildman–Crippen LogP) is -0.675. The molecular weight excluding hydrogens is 300 g/mol. The van der Waals surface area contributed by atoms with Crippen molar-refractivity contribution in [2.75, 3.05) is 13.2 Å². The Morgan fingerprint density at radius 3 is 2.96 bits per heavy atom. The van der Waals surface area contributed by atoms with Crippen LogP contribution >= 0.6 is 0 Å². The summed E-state index contributed by atoms with van der Waals surface area (Å²) in [6, 6.07) is 1.10. The molecule has 8 heteroatoms. The number of nitrogens with one attached hydrogen (secondary N) is 2. The third kappa shape index (κ3) is 2.35. The lowest BCUT2D eigenvalue weighted by Gasteiger charge is -2.29. The average Bonchev–Trinajstić information content (AvgIpc) is 2.71. The first-order chi connectivity index (χ1) is 11.1. The van der Waals surface area contributed by atoms with Gasteiger partial charge in [0.2, 0.25) is 11.8 Å². The van der Waals surface area contributed by atoms with Gasteiger partial charge < -0.3 is 15.0 Å². The smallest absolute Gasteiger partial charge is 0.256 e. The van der Waals surface area contributed by atoms with Crippen molar-refractivity contribution >= 4 is 17.7 Å². The molecule has 3 amide bonds. The third-order valence-electron chi connectivity index (χ3n) is 4.37. The van der Waals surface area contributed by atoms with E-state index in [4.69, 9.17) is 4.74 Å².